The summed E-state index contributed by atoms with van der Waals surface area (Å²) in [7, 11) is 0. The van der Waals surface area contributed by atoms with Crippen molar-refractivity contribution in [2.75, 3.05) is 19.7 Å². The third-order valence-electron chi connectivity index (χ3n) is 8.16. The lowest BCUT2D eigenvalue weighted by Crippen LogP contribution is -2.58. The molecule has 2 aliphatic rings. The van der Waals surface area contributed by atoms with Crippen molar-refractivity contribution in [1.82, 2.24) is 25.4 Å². The van der Waals surface area contributed by atoms with Crippen molar-refractivity contribution in [2.24, 2.45) is 5.41 Å². The maximum absolute atomic E-state index is 13.9. The van der Waals surface area contributed by atoms with Crippen molar-refractivity contribution in [1.29, 1.82) is 0 Å². The number of ether oxygens (including phenoxy) is 1. The van der Waals surface area contributed by atoms with Crippen LogP contribution in [0.4, 0.5) is 4.79 Å². The first kappa shape index (κ1) is 33.3. The molecule has 0 bridgehead atoms. The van der Waals surface area contributed by atoms with Crippen molar-refractivity contribution in [3.63, 3.8) is 0 Å². The standard InChI is InChI=1S/C31H43N5O7S/c1-18(20-9-11-21(12-10-20)26-19(2)32-17-44-26)33-28(39)23-14-22(37)15-36(23)29(40)27(31(3,4)5)34-24(38)16-43-25-8-6-7-13-35(25)30(41)42/h9-12,17-18,22-23,25,27,37H,6-8,13-16H2,1-5H3,(H,33,39)(H,34,38)(H,41,42)/t18-,22+,23-,25?,27+/m0/s1. The molecule has 13 heteroatoms. The van der Waals surface area contributed by atoms with Crippen LogP contribution in [0.2, 0.25) is 0 Å². The predicted molar refractivity (Wildman–Crippen MR) is 165 cm³/mol. The van der Waals surface area contributed by atoms with E-state index in [9.17, 15) is 29.4 Å². The minimum absolute atomic E-state index is 0.0389. The highest BCUT2D eigenvalue weighted by molar-refractivity contribution is 7.13. The number of likely N-dealkylation sites (tertiary alicyclic amines) is 2. The number of benzene rings is 1. The van der Waals surface area contributed by atoms with E-state index >= 15 is 0 Å². The zero-order valence-electron chi connectivity index (χ0n) is 25.9. The van der Waals surface area contributed by atoms with Crippen LogP contribution in [-0.4, -0.2) is 92.9 Å². The topological polar surface area (TPSA) is 161 Å². The molecule has 2 saturated heterocycles. The third-order valence-corrected chi connectivity index (χ3v) is 9.14. The molecule has 0 aliphatic carbocycles. The van der Waals surface area contributed by atoms with Gasteiger partial charge in [0.1, 0.15) is 24.9 Å². The lowest BCUT2D eigenvalue weighted by atomic mass is 9.85. The lowest BCUT2D eigenvalue weighted by molar-refractivity contribution is -0.146. The second kappa shape index (κ2) is 14.0. The molecule has 4 N–H and O–H groups in total. The average Bonchev–Trinajstić information content (AvgIpc) is 3.59. The number of amides is 4. The summed E-state index contributed by atoms with van der Waals surface area (Å²) in [5.74, 6) is -1.44. The Morgan fingerprint density at radius 2 is 1.82 bits per heavy atom. The van der Waals surface area contributed by atoms with Gasteiger partial charge in [-0.05, 0) is 49.7 Å². The first-order chi connectivity index (χ1) is 20.8. The Kier molecular flexibility index (Phi) is 10.6. The Balaban J connectivity index is 1.40. The summed E-state index contributed by atoms with van der Waals surface area (Å²) >= 11 is 1.57. The van der Waals surface area contributed by atoms with Gasteiger partial charge in [-0.1, -0.05) is 45.0 Å². The minimum atomic E-state index is -1.10. The number of aromatic nitrogens is 1. The third kappa shape index (κ3) is 7.93. The molecule has 240 valence electrons. The summed E-state index contributed by atoms with van der Waals surface area (Å²) in [5.41, 5.74) is 3.96. The van der Waals surface area contributed by atoms with Gasteiger partial charge in [0.25, 0.3) is 0 Å². The molecule has 0 spiro atoms. The van der Waals surface area contributed by atoms with Crippen LogP contribution in [0.5, 0.6) is 0 Å². The van der Waals surface area contributed by atoms with Gasteiger partial charge in [-0.25, -0.2) is 9.78 Å². The number of carboxylic acid groups (broad SMARTS) is 1. The summed E-state index contributed by atoms with van der Waals surface area (Å²) in [6.07, 6.45) is -0.643. The largest absolute Gasteiger partial charge is 0.465 e. The van der Waals surface area contributed by atoms with Crippen LogP contribution in [0.3, 0.4) is 0 Å². The number of β-amino-alcohol motifs (C(OH)–C–C–N with tert-alkyl or cyclic N) is 1. The molecule has 12 nitrogen and oxygen atoms in total. The summed E-state index contributed by atoms with van der Waals surface area (Å²) in [4.78, 5) is 59.7. The average molecular weight is 630 g/mol. The number of carbonyl (C=O) groups is 4. The minimum Gasteiger partial charge on any atom is -0.465 e. The molecule has 44 heavy (non-hydrogen) atoms. The van der Waals surface area contributed by atoms with E-state index in [1.165, 1.54) is 9.80 Å². The van der Waals surface area contributed by atoms with Crippen LogP contribution in [-0.2, 0) is 19.1 Å². The quantitative estimate of drug-likeness (QED) is 0.329. The second-order valence-corrected chi connectivity index (χ2v) is 13.5. The van der Waals surface area contributed by atoms with E-state index in [1.807, 2.05) is 38.1 Å². The number of thiazole rings is 1. The Hall–Kier alpha value is -3.55. The lowest BCUT2D eigenvalue weighted by Gasteiger charge is -2.36. The first-order valence-electron chi connectivity index (χ1n) is 15.0. The summed E-state index contributed by atoms with van der Waals surface area (Å²) < 4.78 is 5.64. The molecule has 3 heterocycles. The number of aryl methyl sites for hydroxylation is 1. The van der Waals surface area contributed by atoms with Crippen LogP contribution in [0.25, 0.3) is 10.4 Å². The van der Waals surface area contributed by atoms with E-state index in [4.69, 9.17) is 4.74 Å². The van der Waals surface area contributed by atoms with Gasteiger partial charge in [0.15, 0.2) is 0 Å². The van der Waals surface area contributed by atoms with E-state index in [2.05, 4.69) is 15.6 Å². The highest BCUT2D eigenvalue weighted by Crippen LogP contribution is 2.29. The molecule has 0 radical (unpaired) electrons. The molecular weight excluding hydrogens is 586 g/mol. The molecule has 1 aromatic carbocycles. The fourth-order valence-electron chi connectivity index (χ4n) is 5.68. The molecule has 4 rings (SSSR count). The summed E-state index contributed by atoms with van der Waals surface area (Å²) in [6, 6.07) is 5.59. The zero-order valence-corrected chi connectivity index (χ0v) is 26.7. The smallest absolute Gasteiger partial charge is 0.409 e. The Morgan fingerprint density at radius 1 is 1.11 bits per heavy atom. The van der Waals surface area contributed by atoms with Gasteiger partial charge in [0.2, 0.25) is 17.7 Å². The van der Waals surface area contributed by atoms with Gasteiger partial charge in [0.05, 0.1) is 28.2 Å². The Labute approximate surface area is 261 Å². The van der Waals surface area contributed by atoms with E-state index < -0.39 is 60.3 Å². The number of aliphatic hydroxyl groups excluding tert-OH is 1. The molecule has 5 atom stereocenters. The number of carbonyl (C=O) groups excluding carboxylic acids is 3. The first-order valence-corrected chi connectivity index (χ1v) is 15.8. The van der Waals surface area contributed by atoms with Crippen LogP contribution >= 0.6 is 11.3 Å². The van der Waals surface area contributed by atoms with Gasteiger partial charge in [-0.15, -0.1) is 11.3 Å². The Bertz CT molecular complexity index is 1340. The number of hydrogen-bond acceptors (Lipinski definition) is 8. The van der Waals surface area contributed by atoms with Gasteiger partial charge >= 0.3 is 6.09 Å². The van der Waals surface area contributed by atoms with E-state index in [0.717, 1.165) is 34.5 Å². The van der Waals surface area contributed by atoms with Crippen LogP contribution in [0, 0.1) is 12.3 Å². The second-order valence-electron chi connectivity index (χ2n) is 12.6. The molecule has 1 unspecified atom stereocenters. The van der Waals surface area contributed by atoms with Crippen molar-refractivity contribution in [3.8, 4) is 10.4 Å². The van der Waals surface area contributed by atoms with Crippen molar-refractivity contribution < 1.29 is 34.1 Å². The molecule has 2 fully saturated rings. The number of hydrogen-bond donors (Lipinski definition) is 4. The number of nitrogens with one attached hydrogen (secondary N) is 2. The highest BCUT2D eigenvalue weighted by atomic mass is 32.1. The molecule has 2 aliphatic heterocycles. The van der Waals surface area contributed by atoms with Gasteiger partial charge < -0.3 is 30.5 Å². The molecule has 2 aromatic rings. The fourth-order valence-corrected chi connectivity index (χ4v) is 6.49. The normalized spacial score (nSPS) is 21.9. The van der Waals surface area contributed by atoms with E-state index in [1.54, 1.807) is 37.6 Å². The van der Waals surface area contributed by atoms with E-state index in [0.29, 0.717) is 13.0 Å². The fraction of sp³-hybridized carbons (Fsp3) is 0.581. The number of nitrogens with zero attached hydrogens (tertiary/aromatic N) is 3. The maximum Gasteiger partial charge on any atom is 0.409 e. The SMILES string of the molecule is Cc1ncsc1-c1ccc([C@H](C)NC(=O)[C@@H]2C[C@@H](O)CN2C(=O)[C@@H](NC(=O)COC2CCCCN2C(=O)O)C(C)(C)C)cc1. The number of aliphatic hydroxyl groups is 1. The number of rotatable bonds is 9. The summed E-state index contributed by atoms with van der Waals surface area (Å²) in [5, 5.41) is 25.6. The van der Waals surface area contributed by atoms with Gasteiger partial charge in [-0.2, -0.15) is 0 Å². The van der Waals surface area contributed by atoms with Crippen LogP contribution < -0.4 is 10.6 Å². The van der Waals surface area contributed by atoms with Crippen molar-refractivity contribution in [2.45, 2.75) is 90.8 Å². The van der Waals surface area contributed by atoms with Crippen LogP contribution in [0.1, 0.15) is 70.7 Å². The van der Waals surface area contributed by atoms with Crippen LogP contribution in [0.15, 0.2) is 29.8 Å². The predicted octanol–water partition coefficient (Wildman–Crippen LogP) is 3.30. The van der Waals surface area contributed by atoms with Crippen molar-refractivity contribution >= 4 is 35.2 Å². The van der Waals surface area contributed by atoms with Gasteiger partial charge in [0, 0.05) is 19.5 Å². The summed E-state index contributed by atoms with van der Waals surface area (Å²) in [6.45, 7) is 9.09. The molecule has 0 saturated carbocycles. The van der Waals surface area contributed by atoms with E-state index in [-0.39, 0.29) is 19.0 Å². The highest BCUT2D eigenvalue weighted by Gasteiger charge is 2.44. The monoisotopic (exact) mass is 629 g/mol. The molecule has 1 aromatic heterocycles. The number of piperidine rings is 1. The van der Waals surface area contributed by atoms with Gasteiger partial charge in [-0.3, -0.25) is 19.3 Å². The Morgan fingerprint density at radius 3 is 2.43 bits per heavy atom. The molecule has 4 amide bonds. The zero-order chi connectivity index (χ0) is 32.2. The maximum atomic E-state index is 13.9. The van der Waals surface area contributed by atoms with Crippen molar-refractivity contribution in [3.05, 3.63) is 41.0 Å². The molecular formula is C31H43N5O7S.